The molecule has 1 aliphatic carbocycles. The summed E-state index contributed by atoms with van der Waals surface area (Å²) in [4.78, 5) is 24.9. The van der Waals surface area contributed by atoms with Crippen LogP contribution in [-0.4, -0.2) is 31.0 Å². The van der Waals surface area contributed by atoms with Gasteiger partial charge in [-0.25, -0.2) is 14.4 Å². The van der Waals surface area contributed by atoms with Gasteiger partial charge in [-0.2, -0.15) is 10.2 Å². The molecule has 1 fully saturated rings. The smallest absolute Gasteiger partial charge is 0.245 e. The molecule has 8 nitrogen and oxygen atoms in total. The number of benzene rings is 2. The molecule has 0 radical (unpaired) electrons. The number of fused-ring (bicyclic) bond motifs is 1. The largest absolute Gasteiger partial charge is 0.470 e. The minimum atomic E-state index is -0.496. The molecule has 2 N–H and O–H groups in total. The van der Waals surface area contributed by atoms with Crippen molar-refractivity contribution < 1.29 is 13.9 Å². The number of hydrogen-bond acceptors (Lipinski definition) is 6. The maximum Gasteiger partial charge on any atom is 0.245 e. The van der Waals surface area contributed by atoms with Gasteiger partial charge in [-0.1, -0.05) is 23.7 Å². The van der Waals surface area contributed by atoms with Gasteiger partial charge < -0.3 is 15.0 Å². The fourth-order valence-corrected chi connectivity index (χ4v) is 4.16. The lowest BCUT2D eigenvalue weighted by atomic mass is 10.1. The summed E-state index contributed by atoms with van der Waals surface area (Å²) < 4.78 is 21.7. The van der Waals surface area contributed by atoms with Gasteiger partial charge in [-0.15, -0.1) is 0 Å². The van der Waals surface area contributed by atoms with Crippen LogP contribution in [0.2, 0.25) is 5.02 Å². The number of carbonyl (C=O) groups excluding carboxylic acids is 1. The summed E-state index contributed by atoms with van der Waals surface area (Å²) in [6.07, 6.45) is 3.29. The van der Waals surface area contributed by atoms with E-state index >= 15 is 0 Å². The van der Waals surface area contributed by atoms with E-state index in [9.17, 15) is 14.4 Å². The van der Waals surface area contributed by atoms with Crippen LogP contribution in [0.4, 0.5) is 4.39 Å². The van der Waals surface area contributed by atoms with Gasteiger partial charge in [0.2, 0.25) is 11.8 Å². The number of primary amides is 1. The minimum Gasteiger partial charge on any atom is -0.470 e. The third kappa shape index (κ3) is 4.53. The van der Waals surface area contributed by atoms with Gasteiger partial charge in [0.15, 0.2) is 11.2 Å². The van der Waals surface area contributed by atoms with Crippen LogP contribution in [0.1, 0.15) is 36.5 Å². The molecule has 10 heteroatoms. The molecule has 176 valence electrons. The molecule has 1 aliphatic rings. The van der Waals surface area contributed by atoms with E-state index in [0.717, 1.165) is 12.8 Å². The summed E-state index contributed by atoms with van der Waals surface area (Å²) in [6, 6.07) is 11.3. The van der Waals surface area contributed by atoms with Crippen molar-refractivity contribution in [3.8, 4) is 23.3 Å². The van der Waals surface area contributed by atoms with Crippen molar-refractivity contribution in [2.24, 2.45) is 5.73 Å². The number of nitrogens with zero attached hydrogens (tertiary/aromatic N) is 5. The third-order valence-electron chi connectivity index (χ3n) is 5.97. The van der Waals surface area contributed by atoms with E-state index in [0.29, 0.717) is 44.6 Å². The van der Waals surface area contributed by atoms with E-state index in [2.05, 4.69) is 9.97 Å². The molecule has 0 bridgehead atoms. The van der Waals surface area contributed by atoms with E-state index in [1.807, 2.05) is 13.0 Å². The van der Waals surface area contributed by atoms with Crippen LogP contribution in [-0.2, 0) is 17.8 Å². The van der Waals surface area contributed by atoms with Crippen LogP contribution < -0.4 is 10.5 Å². The zero-order valence-corrected chi connectivity index (χ0v) is 19.5. The summed E-state index contributed by atoms with van der Waals surface area (Å²) in [7, 11) is 0. The lowest BCUT2D eigenvalue weighted by Crippen LogP contribution is -2.13. The van der Waals surface area contributed by atoms with Crippen molar-refractivity contribution >= 4 is 28.7 Å². The lowest BCUT2D eigenvalue weighted by molar-refractivity contribution is -0.117. The van der Waals surface area contributed by atoms with E-state index in [1.54, 1.807) is 28.8 Å². The number of nitriles is 1. The monoisotopic (exact) mass is 490 g/mol. The molecule has 1 saturated carbocycles. The first-order chi connectivity index (χ1) is 16.8. The maximum atomic E-state index is 13.7. The van der Waals surface area contributed by atoms with Crippen LogP contribution in [0.15, 0.2) is 42.7 Å². The Balaban J connectivity index is 1.68. The molecule has 5 rings (SSSR count). The van der Waals surface area contributed by atoms with E-state index in [1.165, 1.54) is 18.5 Å². The Morgan fingerprint density at radius 1 is 1.29 bits per heavy atom. The normalized spacial score (nSPS) is 14.0. The number of aromatic nitrogens is 4. The predicted molar refractivity (Wildman–Crippen MR) is 127 cm³/mol. The molecule has 0 atom stereocenters. The summed E-state index contributed by atoms with van der Waals surface area (Å²) in [5, 5.41) is 9.92. The molecule has 2 heterocycles. The van der Waals surface area contributed by atoms with Gasteiger partial charge in [0.1, 0.15) is 23.6 Å². The summed E-state index contributed by atoms with van der Waals surface area (Å²) in [5.41, 5.74) is 8.02. The van der Waals surface area contributed by atoms with Crippen LogP contribution in [0.5, 0.6) is 5.88 Å². The topological polar surface area (TPSA) is 120 Å². The Bertz CT molecular complexity index is 1520. The van der Waals surface area contributed by atoms with Gasteiger partial charge >= 0.3 is 0 Å². The predicted octanol–water partition coefficient (Wildman–Crippen LogP) is 4.16. The molecule has 0 unspecified atom stereocenters. The number of carbonyl (C=O) groups is 1. The number of amides is 1. The number of nitrogens with two attached hydrogens (primary N) is 1. The second-order valence-corrected chi connectivity index (χ2v) is 9.20. The van der Waals surface area contributed by atoms with Gasteiger partial charge in [0, 0.05) is 5.56 Å². The number of rotatable bonds is 7. The second kappa shape index (κ2) is 8.64. The molecule has 4 aromatic rings. The first kappa shape index (κ1) is 22.7. The standard InChI is InChI=1S/C25H20ClFN6O2/c1-25(6-7-25)35-24-21-23(30-13-31-24)33(12-15-3-4-17(27)10-16(15)11-28)22(32-21)18-5-2-14(8-19(18)26)9-20(29)34/h2-5,8,10,13H,6-7,9,12H2,1H3,(H2,29,34). The highest BCUT2D eigenvalue weighted by molar-refractivity contribution is 6.33. The minimum absolute atomic E-state index is 0.0551. The van der Waals surface area contributed by atoms with Crippen LogP contribution in [0, 0.1) is 17.1 Å². The number of imidazole rings is 1. The first-order valence-corrected chi connectivity index (χ1v) is 11.3. The Kier molecular flexibility index (Phi) is 5.61. The molecule has 0 saturated heterocycles. The highest BCUT2D eigenvalue weighted by Crippen LogP contribution is 2.41. The van der Waals surface area contributed by atoms with Crippen LogP contribution >= 0.6 is 11.6 Å². The second-order valence-electron chi connectivity index (χ2n) is 8.80. The molecule has 0 spiro atoms. The van der Waals surface area contributed by atoms with Gasteiger partial charge in [0.25, 0.3) is 0 Å². The Hall–Kier alpha value is -4.03. The fraction of sp³-hybridized carbons (Fsp3) is 0.240. The number of hydrogen-bond donors (Lipinski definition) is 1. The van der Waals surface area contributed by atoms with Gasteiger partial charge in [-0.05, 0) is 55.2 Å². The SMILES string of the molecule is CC1(Oc2ncnc3c2nc(-c2ccc(CC(N)=O)cc2Cl)n3Cc2ccc(F)cc2C#N)CC1. The Morgan fingerprint density at radius 2 is 2.09 bits per heavy atom. The Morgan fingerprint density at radius 3 is 2.77 bits per heavy atom. The van der Waals surface area contributed by atoms with Gasteiger partial charge in [-0.3, -0.25) is 4.79 Å². The van der Waals surface area contributed by atoms with E-state index in [4.69, 9.17) is 27.1 Å². The zero-order valence-electron chi connectivity index (χ0n) is 18.8. The molecular formula is C25H20ClFN6O2. The molecule has 35 heavy (non-hydrogen) atoms. The molecule has 2 aromatic carbocycles. The number of ether oxygens (including phenoxy) is 1. The van der Waals surface area contributed by atoms with Gasteiger partial charge in [0.05, 0.1) is 29.6 Å². The maximum absolute atomic E-state index is 13.7. The van der Waals surface area contributed by atoms with Crippen molar-refractivity contribution in [2.75, 3.05) is 0 Å². The number of halogens is 2. The quantitative estimate of drug-likeness (QED) is 0.415. The van der Waals surface area contributed by atoms with Crippen molar-refractivity contribution in [1.82, 2.24) is 19.5 Å². The highest BCUT2D eigenvalue weighted by atomic mass is 35.5. The average molecular weight is 491 g/mol. The molecule has 1 amide bonds. The molecule has 0 aliphatic heterocycles. The third-order valence-corrected chi connectivity index (χ3v) is 6.28. The summed E-state index contributed by atoms with van der Waals surface area (Å²) in [5.74, 6) is -0.136. The highest BCUT2D eigenvalue weighted by Gasteiger charge is 2.41. The van der Waals surface area contributed by atoms with Crippen molar-refractivity contribution in [2.45, 2.75) is 38.3 Å². The average Bonchev–Trinajstić information content (AvgIpc) is 3.42. The van der Waals surface area contributed by atoms with Crippen molar-refractivity contribution in [3.05, 3.63) is 70.3 Å². The van der Waals surface area contributed by atoms with Crippen LogP contribution in [0.3, 0.4) is 0 Å². The van der Waals surface area contributed by atoms with E-state index in [-0.39, 0.29) is 24.1 Å². The molecular weight excluding hydrogens is 471 g/mol. The lowest BCUT2D eigenvalue weighted by Gasteiger charge is -2.13. The zero-order chi connectivity index (χ0) is 24.7. The van der Waals surface area contributed by atoms with Crippen molar-refractivity contribution in [3.63, 3.8) is 0 Å². The first-order valence-electron chi connectivity index (χ1n) is 10.9. The fourth-order valence-electron chi connectivity index (χ4n) is 3.87. The van der Waals surface area contributed by atoms with E-state index < -0.39 is 11.7 Å². The van der Waals surface area contributed by atoms with Crippen LogP contribution in [0.25, 0.3) is 22.6 Å². The Labute approximate surface area is 205 Å². The summed E-state index contributed by atoms with van der Waals surface area (Å²) >= 11 is 6.61. The van der Waals surface area contributed by atoms with Crippen molar-refractivity contribution in [1.29, 1.82) is 5.26 Å². The molecule has 2 aromatic heterocycles. The summed E-state index contributed by atoms with van der Waals surface area (Å²) in [6.45, 7) is 2.19.